The molecular formula is C13H20OY-2. The largest absolute Gasteiger partial charge is 0.376 e. The number of carbonyl (C=O) groups excluding carboxylic acids is 1. The van der Waals surface area contributed by atoms with Crippen molar-refractivity contribution in [2.24, 2.45) is 0 Å². The molecule has 0 aliphatic carbocycles. The Morgan fingerprint density at radius 3 is 2.07 bits per heavy atom. The van der Waals surface area contributed by atoms with Crippen molar-refractivity contribution < 1.29 is 37.5 Å². The van der Waals surface area contributed by atoms with Crippen LogP contribution in [-0.2, 0) is 37.5 Å². The van der Waals surface area contributed by atoms with E-state index >= 15 is 0 Å². The first kappa shape index (κ1) is 20.4. The van der Waals surface area contributed by atoms with Gasteiger partial charge in [-0.3, -0.25) is 0 Å². The Balaban J connectivity index is -0.000000209. The molecule has 2 heteroatoms. The summed E-state index contributed by atoms with van der Waals surface area (Å²) in [5.41, 5.74) is 1.71. The second-order valence-corrected chi connectivity index (χ2v) is 2.47. The summed E-state index contributed by atoms with van der Waals surface area (Å²) < 4.78 is 0. The SMILES string of the molecule is CC.Cc1cccc([C-]=O)c1.[CH2-]CC.[Y]. The van der Waals surface area contributed by atoms with E-state index in [1.54, 1.807) is 12.1 Å². The first-order valence-electron chi connectivity index (χ1n) is 4.98. The molecule has 0 aliphatic rings. The monoisotopic (exact) mass is 281 g/mol. The van der Waals surface area contributed by atoms with Gasteiger partial charge >= 0.3 is 0 Å². The van der Waals surface area contributed by atoms with E-state index in [1.807, 2.05) is 46.1 Å². The van der Waals surface area contributed by atoms with Gasteiger partial charge in [0.1, 0.15) is 0 Å². The number of benzene rings is 1. The Morgan fingerprint density at radius 2 is 1.80 bits per heavy atom. The number of hydrogen-bond acceptors (Lipinski definition) is 1. The van der Waals surface area contributed by atoms with E-state index in [2.05, 4.69) is 6.92 Å². The van der Waals surface area contributed by atoms with Crippen LogP contribution in [0.3, 0.4) is 0 Å². The fraction of sp³-hybridized carbons (Fsp3) is 0.385. The Labute approximate surface area is 120 Å². The third-order valence-electron chi connectivity index (χ3n) is 1.14. The van der Waals surface area contributed by atoms with Gasteiger partial charge in [-0.15, -0.1) is 11.6 Å². The van der Waals surface area contributed by atoms with E-state index in [1.165, 1.54) is 0 Å². The second kappa shape index (κ2) is 16.4. The maximum absolute atomic E-state index is 10.0. The standard InChI is InChI=1S/C8H7O.C3H7.C2H6.Y/c1-7-3-2-4-8(5-7)6-9;1-3-2;1-2;/h2-5H,1H3;1,3H2,2H3;1-2H3;/q2*-1;;. The van der Waals surface area contributed by atoms with Crippen molar-refractivity contribution >= 4 is 6.29 Å². The van der Waals surface area contributed by atoms with Gasteiger partial charge in [-0.05, 0) is 0 Å². The molecule has 0 amide bonds. The maximum Gasteiger partial charge on any atom is 0.0627 e. The van der Waals surface area contributed by atoms with E-state index in [0.717, 1.165) is 12.0 Å². The predicted octanol–water partition coefficient (Wildman–Crippen LogP) is 3.71. The van der Waals surface area contributed by atoms with Crippen LogP contribution >= 0.6 is 0 Å². The van der Waals surface area contributed by atoms with Crippen LogP contribution in [0.1, 0.15) is 38.3 Å². The van der Waals surface area contributed by atoms with Crippen molar-refractivity contribution in [3.05, 3.63) is 42.3 Å². The molecule has 0 heterocycles. The Kier molecular flexibility index (Phi) is 22.3. The fourth-order valence-corrected chi connectivity index (χ4v) is 0.709. The van der Waals surface area contributed by atoms with Crippen LogP contribution in [0.4, 0.5) is 0 Å². The van der Waals surface area contributed by atoms with Crippen LogP contribution in [0.25, 0.3) is 0 Å². The number of rotatable bonds is 1. The summed E-state index contributed by atoms with van der Waals surface area (Å²) in [6.45, 7) is 11.4. The van der Waals surface area contributed by atoms with Crippen molar-refractivity contribution in [1.82, 2.24) is 0 Å². The molecule has 83 valence electrons. The van der Waals surface area contributed by atoms with Gasteiger partial charge in [-0.2, -0.15) is 24.1 Å². The predicted molar refractivity (Wildman–Crippen MR) is 63.0 cm³/mol. The topological polar surface area (TPSA) is 17.1 Å². The molecule has 1 aromatic carbocycles. The Hall–Kier alpha value is -0.00610. The Morgan fingerprint density at radius 1 is 1.33 bits per heavy atom. The molecule has 0 bridgehead atoms. The first-order valence-corrected chi connectivity index (χ1v) is 4.98. The average Bonchev–Trinajstić information content (AvgIpc) is 2.22. The summed E-state index contributed by atoms with van der Waals surface area (Å²) in [7, 11) is 0. The van der Waals surface area contributed by atoms with Crippen molar-refractivity contribution in [2.45, 2.75) is 34.1 Å². The molecule has 0 atom stereocenters. The zero-order chi connectivity index (χ0) is 11.4. The summed E-state index contributed by atoms with van der Waals surface area (Å²) in [5.74, 6) is 0. The molecule has 0 saturated carbocycles. The average molecular weight is 281 g/mol. The van der Waals surface area contributed by atoms with Crippen molar-refractivity contribution in [3.8, 4) is 0 Å². The van der Waals surface area contributed by atoms with Crippen molar-refractivity contribution in [3.63, 3.8) is 0 Å². The molecule has 15 heavy (non-hydrogen) atoms. The molecule has 1 nitrogen and oxygen atoms in total. The smallest absolute Gasteiger partial charge is 0.0627 e. The molecular weight excluding hydrogens is 261 g/mol. The van der Waals surface area contributed by atoms with E-state index in [9.17, 15) is 4.79 Å². The molecule has 1 radical (unpaired) electrons. The van der Waals surface area contributed by atoms with E-state index in [4.69, 9.17) is 0 Å². The first-order chi connectivity index (χ1) is 6.74. The van der Waals surface area contributed by atoms with Crippen LogP contribution in [-0.4, -0.2) is 6.29 Å². The Bertz CT molecular complexity index is 234. The van der Waals surface area contributed by atoms with E-state index < -0.39 is 0 Å². The summed E-state index contributed by atoms with van der Waals surface area (Å²) in [6, 6.07) is 7.32. The van der Waals surface area contributed by atoms with Crippen molar-refractivity contribution in [2.75, 3.05) is 0 Å². The van der Waals surface area contributed by atoms with Gasteiger partial charge in [-0.1, -0.05) is 33.8 Å². The van der Waals surface area contributed by atoms with Gasteiger partial charge in [0, 0.05) is 32.7 Å². The molecule has 1 aromatic rings. The fourth-order valence-electron chi connectivity index (χ4n) is 0.709. The summed E-state index contributed by atoms with van der Waals surface area (Å²) >= 11 is 0. The number of hydrogen-bond donors (Lipinski definition) is 0. The molecule has 1 rings (SSSR count). The van der Waals surface area contributed by atoms with Crippen LogP contribution < -0.4 is 0 Å². The second-order valence-electron chi connectivity index (χ2n) is 2.47. The summed E-state index contributed by atoms with van der Waals surface area (Å²) in [5, 5.41) is 0. The third-order valence-corrected chi connectivity index (χ3v) is 1.14. The van der Waals surface area contributed by atoms with Crippen LogP contribution in [0.5, 0.6) is 0 Å². The third kappa shape index (κ3) is 14.0. The molecule has 0 aliphatic heterocycles. The van der Waals surface area contributed by atoms with Crippen molar-refractivity contribution in [1.29, 1.82) is 0 Å². The van der Waals surface area contributed by atoms with Gasteiger partial charge in [0.15, 0.2) is 0 Å². The van der Waals surface area contributed by atoms with E-state index in [-0.39, 0.29) is 32.7 Å². The van der Waals surface area contributed by atoms with Gasteiger partial charge in [-0.25, -0.2) is 0 Å². The quantitative estimate of drug-likeness (QED) is 0.717. The minimum atomic E-state index is 0. The minimum Gasteiger partial charge on any atom is -0.376 e. The molecule has 0 unspecified atom stereocenters. The molecule has 0 spiro atoms. The zero-order valence-corrected chi connectivity index (χ0v) is 13.0. The van der Waals surface area contributed by atoms with Crippen LogP contribution in [0.15, 0.2) is 24.3 Å². The van der Waals surface area contributed by atoms with E-state index in [0.29, 0.717) is 5.56 Å². The van der Waals surface area contributed by atoms with Gasteiger partial charge in [0.2, 0.25) is 0 Å². The van der Waals surface area contributed by atoms with Crippen LogP contribution in [0.2, 0.25) is 0 Å². The number of aryl methyl sites for hydroxylation is 1. The molecule has 0 aromatic heterocycles. The molecule has 0 fully saturated rings. The maximum atomic E-state index is 10.0. The minimum absolute atomic E-state index is 0. The van der Waals surface area contributed by atoms with Crippen LogP contribution in [0, 0.1) is 13.8 Å². The molecule has 0 saturated heterocycles. The van der Waals surface area contributed by atoms with Gasteiger partial charge in [0.05, 0.1) is 6.29 Å². The summed E-state index contributed by atoms with van der Waals surface area (Å²) in [6.07, 6.45) is 2.82. The zero-order valence-electron chi connectivity index (χ0n) is 10.2. The van der Waals surface area contributed by atoms with Gasteiger partial charge in [0.25, 0.3) is 0 Å². The van der Waals surface area contributed by atoms with Gasteiger partial charge < -0.3 is 11.7 Å². The molecule has 0 N–H and O–H groups in total. The summed E-state index contributed by atoms with van der Waals surface area (Å²) in [4.78, 5) is 10.0. The normalized spacial score (nSPS) is 7.00.